The average Bonchev–Trinajstić information content (AvgIpc) is 2.77. The molecule has 1 aliphatic rings. The predicted octanol–water partition coefficient (Wildman–Crippen LogP) is 4.06. The number of aromatic nitrogens is 1. The Morgan fingerprint density at radius 1 is 0.931 bits per heavy atom. The van der Waals surface area contributed by atoms with E-state index in [-0.39, 0.29) is 17.4 Å². The van der Waals surface area contributed by atoms with E-state index >= 15 is 0 Å². The van der Waals surface area contributed by atoms with Gasteiger partial charge in [0.1, 0.15) is 5.75 Å². The van der Waals surface area contributed by atoms with Gasteiger partial charge in [-0.15, -0.1) is 0 Å². The summed E-state index contributed by atoms with van der Waals surface area (Å²) in [5.41, 5.74) is 3.12. The fraction of sp³-hybridized carbons (Fsp3) is 0.125. The summed E-state index contributed by atoms with van der Waals surface area (Å²) in [4.78, 5) is 28.9. The zero-order chi connectivity index (χ0) is 20.1. The van der Waals surface area contributed by atoms with Crippen LogP contribution in [0.1, 0.15) is 38.3 Å². The Kier molecular flexibility index (Phi) is 5.47. The fourth-order valence-electron chi connectivity index (χ4n) is 3.21. The first-order valence-corrected chi connectivity index (χ1v) is 9.49. The van der Waals surface area contributed by atoms with Gasteiger partial charge < -0.3 is 10.1 Å². The van der Waals surface area contributed by atoms with Crippen molar-refractivity contribution in [1.29, 1.82) is 0 Å². The summed E-state index contributed by atoms with van der Waals surface area (Å²) >= 11 is 0. The highest BCUT2D eigenvalue weighted by Crippen LogP contribution is 2.21. The maximum Gasteiger partial charge on any atom is 0.256 e. The molecule has 4 rings (SSSR count). The average molecular weight is 384 g/mol. The molecule has 0 saturated carbocycles. The Balaban J connectivity index is 1.37. The van der Waals surface area contributed by atoms with E-state index in [0.29, 0.717) is 17.7 Å². The molecule has 0 radical (unpaired) electrons. The van der Waals surface area contributed by atoms with E-state index in [2.05, 4.69) is 16.4 Å². The molecule has 1 amide bonds. The second-order valence-corrected chi connectivity index (χ2v) is 6.77. The standard InChI is InChI=1S/C24H20N2O3/c27-23-20-7-1-2-8-21(20)24(28)26-22(23)15-17-9-11-19(12-10-17)29-14-4-6-18-5-3-13-25-16-18/h1-3,5,7-13,15-16H,4,6,14H2,(H,26,28)/b22-15-. The van der Waals surface area contributed by atoms with Gasteiger partial charge in [0.25, 0.3) is 5.91 Å². The third-order valence-electron chi connectivity index (χ3n) is 4.70. The van der Waals surface area contributed by atoms with Crippen LogP contribution in [-0.2, 0) is 6.42 Å². The van der Waals surface area contributed by atoms with Crippen molar-refractivity contribution >= 4 is 17.8 Å². The molecule has 5 heteroatoms. The topological polar surface area (TPSA) is 68.3 Å². The lowest BCUT2D eigenvalue weighted by atomic mass is 9.96. The number of carbonyl (C=O) groups is 2. The number of Topliss-reactive ketones (excluding diaryl/α,β-unsaturated/α-hetero) is 1. The van der Waals surface area contributed by atoms with E-state index in [1.165, 1.54) is 5.56 Å². The highest BCUT2D eigenvalue weighted by Gasteiger charge is 2.26. The monoisotopic (exact) mass is 384 g/mol. The summed E-state index contributed by atoms with van der Waals surface area (Å²) in [6, 6.07) is 18.3. The van der Waals surface area contributed by atoms with E-state index in [0.717, 1.165) is 24.2 Å². The van der Waals surface area contributed by atoms with E-state index in [1.807, 2.05) is 36.5 Å². The minimum Gasteiger partial charge on any atom is -0.494 e. The molecule has 0 saturated heterocycles. The lowest BCUT2D eigenvalue weighted by Crippen LogP contribution is -2.34. The molecule has 144 valence electrons. The number of nitrogens with one attached hydrogen (secondary N) is 1. The zero-order valence-electron chi connectivity index (χ0n) is 15.8. The summed E-state index contributed by atoms with van der Waals surface area (Å²) in [5.74, 6) is 0.318. The van der Waals surface area contributed by atoms with Crippen molar-refractivity contribution in [2.24, 2.45) is 0 Å². The smallest absolute Gasteiger partial charge is 0.256 e. The summed E-state index contributed by atoms with van der Waals surface area (Å²) in [6.45, 7) is 0.612. The van der Waals surface area contributed by atoms with Crippen LogP contribution in [0.15, 0.2) is 78.8 Å². The molecule has 2 aromatic carbocycles. The van der Waals surface area contributed by atoms with Crippen LogP contribution in [0.5, 0.6) is 5.75 Å². The van der Waals surface area contributed by atoms with Crippen LogP contribution >= 0.6 is 0 Å². The molecule has 0 unspecified atom stereocenters. The fourth-order valence-corrected chi connectivity index (χ4v) is 3.21. The molecule has 29 heavy (non-hydrogen) atoms. The molecule has 0 spiro atoms. The van der Waals surface area contributed by atoms with E-state index in [1.54, 1.807) is 36.5 Å². The number of carbonyl (C=O) groups excluding carboxylic acids is 2. The Morgan fingerprint density at radius 2 is 1.72 bits per heavy atom. The van der Waals surface area contributed by atoms with Crippen molar-refractivity contribution in [3.05, 3.63) is 101 Å². The largest absolute Gasteiger partial charge is 0.494 e. The molecule has 0 fully saturated rings. The molecule has 1 aliphatic heterocycles. The number of rotatable bonds is 6. The number of aryl methyl sites for hydroxylation is 1. The number of amides is 1. The third-order valence-corrected chi connectivity index (χ3v) is 4.70. The minimum atomic E-state index is -0.264. The normalized spacial score (nSPS) is 14.4. The van der Waals surface area contributed by atoms with Crippen molar-refractivity contribution in [3.8, 4) is 5.75 Å². The Bertz CT molecular complexity index is 1060. The van der Waals surface area contributed by atoms with Gasteiger partial charge in [0.15, 0.2) is 0 Å². The molecule has 1 N–H and O–H groups in total. The molecule has 3 aromatic rings. The summed E-state index contributed by atoms with van der Waals surface area (Å²) in [7, 11) is 0. The van der Waals surface area contributed by atoms with Crippen LogP contribution in [0.25, 0.3) is 6.08 Å². The Morgan fingerprint density at radius 3 is 2.48 bits per heavy atom. The minimum absolute atomic E-state index is 0.184. The molecule has 0 atom stereocenters. The first-order valence-electron chi connectivity index (χ1n) is 9.49. The van der Waals surface area contributed by atoms with Crippen molar-refractivity contribution in [1.82, 2.24) is 10.3 Å². The summed E-state index contributed by atoms with van der Waals surface area (Å²) < 4.78 is 5.78. The van der Waals surface area contributed by atoms with Gasteiger partial charge in [0.2, 0.25) is 5.78 Å². The number of pyridine rings is 1. The van der Waals surface area contributed by atoms with Crippen LogP contribution in [0.2, 0.25) is 0 Å². The maximum atomic E-state index is 12.6. The van der Waals surface area contributed by atoms with Gasteiger partial charge in [-0.3, -0.25) is 14.6 Å². The van der Waals surface area contributed by atoms with Gasteiger partial charge in [-0.05, 0) is 54.3 Å². The molecule has 2 heterocycles. The molecule has 1 aromatic heterocycles. The quantitative estimate of drug-likeness (QED) is 0.514. The van der Waals surface area contributed by atoms with Gasteiger partial charge in [0, 0.05) is 18.0 Å². The van der Waals surface area contributed by atoms with Crippen molar-refractivity contribution < 1.29 is 14.3 Å². The van der Waals surface area contributed by atoms with Gasteiger partial charge in [-0.1, -0.05) is 36.4 Å². The predicted molar refractivity (Wildman–Crippen MR) is 111 cm³/mol. The summed E-state index contributed by atoms with van der Waals surface area (Å²) in [5, 5.41) is 2.68. The number of ether oxygens (including phenoxy) is 1. The van der Waals surface area contributed by atoms with E-state index < -0.39 is 0 Å². The van der Waals surface area contributed by atoms with Crippen LogP contribution in [-0.4, -0.2) is 23.3 Å². The second-order valence-electron chi connectivity index (χ2n) is 6.77. The van der Waals surface area contributed by atoms with Gasteiger partial charge in [-0.2, -0.15) is 0 Å². The summed E-state index contributed by atoms with van der Waals surface area (Å²) in [6.07, 6.45) is 7.13. The van der Waals surface area contributed by atoms with Gasteiger partial charge in [0.05, 0.1) is 17.9 Å². The van der Waals surface area contributed by atoms with Crippen molar-refractivity contribution in [3.63, 3.8) is 0 Å². The van der Waals surface area contributed by atoms with E-state index in [9.17, 15) is 9.59 Å². The lowest BCUT2D eigenvalue weighted by molar-refractivity contribution is 0.0910. The molecule has 0 aliphatic carbocycles. The number of nitrogens with zero attached hydrogens (tertiary/aromatic N) is 1. The van der Waals surface area contributed by atoms with Gasteiger partial charge in [-0.25, -0.2) is 0 Å². The number of ketones is 1. The molecular formula is C24H20N2O3. The van der Waals surface area contributed by atoms with Crippen molar-refractivity contribution in [2.45, 2.75) is 12.8 Å². The SMILES string of the molecule is O=C1N/C(=C\c2ccc(OCCCc3cccnc3)cc2)C(=O)c2ccccc21. The van der Waals surface area contributed by atoms with Crippen molar-refractivity contribution in [2.75, 3.05) is 6.61 Å². The van der Waals surface area contributed by atoms with Crippen LogP contribution in [0.4, 0.5) is 0 Å². The van der Waals surface area contributed by atoms with Crippen LogP contribution in [0.3, 0.4) is 0 Å². The number of allylic oxidation sites excluding steroid dienone is 1. The van der Waals surface area contributed by atoms with Crippen LogP contribution < -0.4 is 10.1 Å². The maximum absolute atomic E-state index is 12.6. The first-order chi connectivity index (χ1) is 14.2. The molecular weight excluding hydrogens is 364 g/mol. The highest BCUT2D eigenvalue weighted by atomic mass is 16.5. The number of benzene rings is 2. The number of hydrogen-bond donors (Lipinski definition) is 1. The first kappa shape index (κ1) is 18.6. The second kappa shape index (κ2) is 8.52. The number of hydrogen-bond acceptors (Lipinski definition) is 4. The Labute approximate surface area is 169 Å². The highest BCUT2D eigenvalue weighted by molar-refractivity contribution is 6.22. The molecule has 5 nitrogen and oxygen atoms in total. The molecule has 0 bridgehead atoms. The number of fused-ring (bicyclic) bond motifs is 1. The van der Waals surface area contributed by atoms with E-state index in [4.69, 9.17) is 4.74 Å². The Hall–Kier alpha value is -3.73. The third kappa shape index (κ3) is 4.41. The van der Waals surface area contributed by atoms with Crippen LogP contribution in [0, 0.1) is 0 Å². The zero-order valence-corrected chi connectivity index (χ0v) is 15.8. The lowest BCUT2D eigenvalue weighted by Gasteiger charge is -2.17. The van der Waals surface area contributed by atoms with Gasteiger partial charge >= 0.3 is 0 Å².